The molecule has 3 amide bonds. The largest absolute Gasteiger partial charge is 0.493 e. The van der Waals surface area contributed by atoms with Crippen molar-refractivity contribution in [2.45, 2.75) is 31.2 Å². The summed E-state index contributed by atoms with van der Waals surface area (Å²) in [6, 6.07) is 2.97. The molecule has 1 heterocycles. The van der Waals surface area contributed by atoms with E-state index in [0.29, 0.717) is 16.4 Å². The van der Waals surface area contributed by atoms with E-state index in [9.17, 15) is 13.8 Å². The average Bonchev–Trinajstić information content (AvgIpc) is 2.72. The molecule has 0 aliphatic carbocycles. The van der Waals surface area contributed by atoms with Gasteiger partial charge in [0.15, 0.2) is 11.5 Å². The minimum atomic E-state index is -1.38. The number of rotatable bonds is 6. The van der Waals surface area contributed by atoms with Crippen molar-refractivity contribution in [1.29, 1.82) is 0 Å². The molecule has 0 bridgehead atoms. The highest BCUT2D eigenvalue weighted by atomic mass is 32.2. The molecule has 1 atom stereocenters. The molecular weight excluding hydrogens is 332 g/mol. The molecule has 7 nitrogen and oxygen atoms in total. The Labute approximate surface area is 143 Å². The average molecular weight is 354 g/mol. The van der Waals surface area contributed by atoms with Crippen molar-refractivity contribution >= 4 is 22.7 Å². The number of hydrogen-bond donors (Lipinski definition) is 1. The summed E-state index contributed by atoms with van der Waals surface area (Å²) < 4.78 is 23.1. The van der Waals surface area contributed by atoms with Gasteiger partial charge in [-0.3, -0.25) is 13.9 Å². The van der Waals surface area contributed by atoms with E-state index in [1.54, 1.807) is 26.0 Å². The normalized spacial score (nSPS) is 17.6. The van der Waals surface area contributed by atoms with Crippen LogP contribution in [-0.4, -0.2) is 53.1 Å². The van der Waals surface area contributed by atoms with Crippen molar-refractivity contribution in [3.8, 4) is 11.5 Å². The SMILES string of the molecule is COc1cc(C)c(S(=O)CCN2C(=O)NC(C)(C)C2=O)cc1OC. The number of benzene rings is 1. The molecule has 2 rings (SSSR count). The van der Waals surface area contributed by atoms with Gasteiger partial charge in [-0.2, -0.15) is 0 Å². The molecule has 0 saturated carbocycles. The van der Waals surface area contributed by atoms with Gasteiger partial charge in [0.05, 0.1) is 25.0 Å². The smallest absolute Gasteiger partial charge is 0.325 e. The lowest BCUT2D eigenvalue weighted by molar-refractivity contribution is -0.130. The van der Waals surface area contributed by atoms with E-state index in [0.717, 1.165) is 10.5 Å². The van der Waals surface area contributed by atoms with Gasteiger partial charge < -0.3 is 14.8 Å². The zero-order valence-corrected chi connectivity index (χ0v) is 15.3. The van der Waals surface area contributed by atoms with Crippen molar-refractivity contribution in [2.24, 2.45) is 0 Å². The van der Waals surface area contributed by atoms with Crippen molar-refractivity contribution in [3.05, 3.63) is 17.7 Å². The summed E-state index contributed by atoms with van der Waals surface area (Å²) >= 11 is 0. The molecule has 1 aromatic rings. The number of carbonyl (C=O) groups is 2. The van der Waals surface area contributed by atoms with Crippen LogP contribution in [0.5, 0.6) is 11.5 Å². The lowest BCUT2D eigenvalue weighted by Crippen LogP contribution is -2.40. The number of urea groups is 1. The van der Waals surface area contributed by atoms with Gasteiger partial charge in [0, 0.05) is 23.3 Å². The minimum absolute atomic E-state index is 0.0918. The molecule has 24 heavy (non-hydrogen) atoms. The van der Waals surface area contributed by atoms with Crippen LogP contribution in [0.4, 0.5) is 4.79 Å². The first kappa shape index (κ1) is 18.3. The summed E-state index contributed by atoms with van der Waals surface area (Å²) in [6.45, 7) is 5.20. The maximum atomic E-state index is 12.6. The highest BCUT2D eigenvalue weighted by molar-refractivity contribution is 7.85. The fourth-order valence-electron chi connectivity index (χ4n) is 2.51. The van der Waals surface area contributed by atoms with Gasteiger partial charge in [0.25, 0.3) is 5.91 Å². The van der Waals surface area contributed by atoms with Gasteiger partial charge in [-0.25, -0.2) is 4.79 Å². The number of hydrogen-bond acceptors (Lipinski definition) is 5. The van der Waals surface area contributed by atoms with Crippen molar-refractivity contribution < 1.29 is 23.3 Å². The lowest BCUT2D eigenvalue weighted by Gasteiger charge is -2.16. The zero-order valence-electron chi connectivity index (χ0n) is 14.5. The molecule has 1 unspecified atom stereocenters. The van der Waals surface area contributed by atoms with E-state index in [1.165, 1.54) is 14.2 Å². The molecule has 1 saturated heterocycles. The number of amides is 3. The number of nitrogens with one attached hydrogen (secondary N) is 1. The van der Waals surface area contributed by atoms with Crippen LogP contribution in [0.3, 0.4) is 0 Å². The first-order valence-corrected chi connectivity index (χ1v) is 8.78. The maximum Gasteiger partial charge on any atom is 0.325 e. The monoisotopic (exact) mass is 354 g/mol. The van der Waals surface area contributed by atoms with Crippen molar-refractivity contribution in [1.82, 2.24) is 10.2 Å². The van der Waals surface area contributed by atoms with Crippen molar-refractivity contribution in [2.75, 3.05) is 26.5 Å². The molecule has 1 aromatic carbocycles. The third kappa shape index (κ3) is 3.38. The molecule has 0 spiro atoms. The standard InChI is InChI=1S/C16H22N2O5S/c1-10-8-11(22-4)12(23-5)9-13(10)24(21)7-6-18-14(19)16(2,3)17-15(18)20/h8-9H,6-7H2,1-5H3,(H,17,20). The minimum Gasteiger partial charge on any atom is -0.493 e. The highest BCUT2D eigenvalue weighted by Crippen LogP contribution is 2.31. The molecule has 0 radical (unpaired) electrons. The number of imide groups is 1. The van der Waals surface area contributed by atoms with E-state index >= 15 is 0 Å². The number of methoxy groups -OCH3 is 2. The first-order chi connectivity index (χ1) is 11.2. The Bertz CT molecular complexity index is 702. The fraction of sp³-hybridized carbons (Fsp3) is 0.500. The second-order valence-electron chi connectivity index (χ2n) is 6.03. The van der Waals surface area contributed by atoms with Crippen LogP contribution < -0.4 is 14.8 Å². The number of nitrogens with zero attached hydrogens (tertiary/aromatic N) is 1. The zero-order chi connectivity index (χ0) is 18.1. The van der Waals surface area contributed by atoms with Crippen LogP contribution in [0.15, 0.2) is 17.0 Å². The summed E-state index contributed by atoms with van der Waals surface area (Å²) in [7, 11) is 1.67. The molecule has 0 aromatic heterocycles. The summed E-state index contributed by atoms with van der Waals surface area (Å²) in [5, 5.41) is 2.60. The van der Waals surface area contributed by atoms with Gasteiger partial charge in [-0.15, -0.1) is 0 Å². The summed E-state index contributed by atoms with van der Waals surface area (Å²) in [4.78, 5) is 25.7. The predicted molar refractivity (Wildman–Crippen MR) is 89.9 cm³/mol. The summed E-state index contributed by atoms with van der Waals surface area (Å²) in [6.07, 6.45) is 0. The maximum absolute atomic E-state index is 12.6. The Hall–Kier alpha value is -2.09. The Morgan fingerprint density at radius 1 is 1.17 bits per heavy atom. The van der Waals surface area contributed by atoms with E-state index in [-0.39, 0.29) is 18.2 Å². The van der Waals surface area contributed by atoms with E-state index in [1.807, 2.05) is 6.92 Å². The molecule has 132 valence electrons. The predicted octanol–water partition coefficient (Wildman–Crippen LogP) is 1.45. The van der Waals surface area contributed by atoms with Gasteiger partial charge in [0.2, 0.25) is 0 Å². The summed E-state index contributed by atoms with van der Waals surface area (Å²) in [5.74, 6) is 0.897. The molecule has 1 aliphatic heterocycles. The van der Waals surface area contributed by atoms with Gasteiger partial charge in [0.1, 0.15) is 5.54 Å². The van der Waals surface area contributed by atoms with Crippen LogP contribution in [0.2, 0.25) is 0 Å². The Kier molecular flexibility index (Phi) is 5.17. The van der Waals surface area contributed by atoms with Crippen LogP contribution in [0.25, 0.3) is 0 Å². The first-order valence-electron chi connectivity index (χ1n) is 7.46. The fourth-order valence-corrected chi connectivity index (χ4v) is 3.74. The van der Waals surface area contributed by atoms with E-state index in [4.69, 9.17) is 9.47 Å². The number of aryl methyl sites for hydroxylation is 1. The third-order valence-corrected chi connectivity index (χ3v) is 5.35. The van der Waals surface area contributed by atoms with Crippen LogP contribution >= 0.6 is 0 Å². The van der Waals surface area contributed by atoms with Crippen LogP contribution in [-0.2, 0) is 15.6 Å². The third-order valence-electron chi connectivity index (χ3n) is 3.87. The second kappa shape index (κ2) is 6.80. The molecule has 1 fully saturated rings. The van der Waals surface area contributed by atoms with Gasteiger partial charge in [-0.05, 0) is 32.4 Å². The summed E-state index contributed by atoms with van der Waals surface area (Å²) in [5.41, 5.74) is -0.124. The van der Waals surface area contributed by atoms with Gasteiger partial charge in [-0.1, -0.05) is 0 Å². The van der Waals surface area contributed by atoms with E-state index in [2.05, 4.69) is 5.32 Å². The van der Waals surface area contributed by atoms with Crippen LogP contribution in [0.1, 0.15) is 19.4 Å². The highest BCUT2D eigenvalue weighted by Gasteiger charge is 2.44. The van der Waals surface area contributed by atoms with E-state index < -0.39 is 22.4 Å². The number of carbonyl (C=O) groups excluding carboxylic acids is 2. The lowest BCUT2D eigenvalue weighted by atomic mass is 10.1. The quantitative estimate of drug-likeness (QED) is 0.782. The molecule has 1 aliphatic rings. The van der Waals surface area contributed by atoms with Crippen molar-refractivity contribution in [3.63, 3.8) is 0 Å². The Balaban J connectivity index is 2.14. The number of ether oxygens (including phenoxy) is 2. The van der Waals surface area contributed by atoms with Gasteiger partial charge >= 0.3 is 6.03 Å². The Morgan fingerprint density at radius 3 is 2.25 bits per heavy atom. The Morgan fingerprint density at radius 2 is 1.75 bits per heavy atom. The molecular formula is C16H22N2O5S. The molecule has 8 heteroatoms. The molecule has 1 N–H and O–H groups in total. The topological polar surface area (TPSA) is 84.9 Å². The van der Waals surface area contributed by atoms with Crippen LogP contribution in [0, 0.1) is 6.92 Å². The second-order valence-corrected chi connectivity index (χ2v) is 7.57.